The summed E-state index contributed by atoms with van der Waals surface area (Å²) < 4.78 is 34.7. The van der Waals surface area contributed by atoms with Gasteiger partial charge in [-0.3, -0.25) is 18.6 Å². The molecule has 79 heavy (non-hydrogen) atoms. The number of ether oxygens (including phenoxy) is 2. The molecule has 0 bridgehead atoms. The fourth-order valence-corrected chi connectivity index (χ4v) is 11.4. The van der Waals surface area contributed by atoms with E-state index in [1.165, 1.54) is 302 Å². The number of rotatable bonds is 66. The first-order chi connectivity index (χ1) is 38.5. The van der Waals surface area contributed by atoms with Crippen LogP contribution < -0.4 is 0 Å². The quantitative estimate of drug-likeness (QED) is 0.0211. The van der Waals surface area contributed by atoms with E-state index < -0.39 is 26.5 Å². The SMILES string of the molecule is CCCCCCCC/C=C\CCCCCCCCCCCC(=O)OC(COC(=O)CCCCCCCCCCCCCCCCCCCCCCCCCCCCCCCCCCCCCC)COP(=O)(O)OCC[N+](C)(C)C. The van der Waals surface area contributed by atoms with Crippen molar-refractivity contribution in [1.29, 1.82) is 0 Å². The highest BCUT2D eigenvalue weighted by atomic mass is 31.2. The molecule has 9 nitrogen and oxygen atoms in total. The smallest absolute Gasteiger partial charge is 0.462 e. The van der Waals surface area contributed by atoms with Crippen molar-refractivity contribution >= 4 is 19.8 Å². The first kappa shape index (κ1) is 77.8. The first-order valence-electron chi connectivity index (χ1n) is 34.9. The van der Waals surface area contributed by atoms with Crippen LogP contribution in [0.5, 0.6) is 0 Å². The highest BCUT2D eigenvalue weighted by molar-refractivity contribution is 7.47. The average Bonchev–Trinajstić information content (AvgIpc) is 3.41. The minimum absolute atomic E-state index is 0.0352. The maximum atomic E-state index is 12.8. The van der Waals surface area contributed by atoms with Crippen molar-refractivity contribution in [3.8, 4) is 0 Å². The maximum Gasteiger partial charge on any atom is 0.472 e. The van der Waals surface area contributed by atoms with Crippen molar-refractivity contribution in [3.63, 3.8) is 0 Å². The van der Waals surface area contributed by atoms with Gasteiger partial charge in [-0.15, -0.1) is 0 Å². The third kappa shape index (κ3) is 65.8. The molecule has 0 aliphatic carbocycles. The van der Waals surface area contributed by atoms with Crippen LogP contribution in [-0.2, 0) is 32.7 Å². The summed E-state index contributed by atoms with van der Waals surface area (Å²) in [5, 5.41) is 0. The summed E-state index contributed by atoms with van der Waals surface area (Å²) in [6.07, 6.45) is 74.8. The molecule has 0 rings (SSSR count). The van der Waals surface area contributed by atoms with Gasteiger partial charge in [0.1, 0.15) is 19.8 Å². The van der Waals surface area contributed by atoms with E-state index in [1.54, 1.807) is 0 Å². The summed E-state index contributed by atoms with van der Waals surface area (Å²) in [5.74, 6) is -0.777. The van der Waals surface area contributed by atoms with Gasteiger partial charge in [0.15, 0.2) is 6.10 Å². The van der Waals surface area contributed by atoms with Gasteiger partial charge >= 0.3 is 19.8 Å². The van der Waals surface area contributed by atoms with Crippen molar-refractivity contribution in [3.05, 3.63) is 12.2 Å². The Morgan fingerprint density at radius 2 is 0.646 bits per heavy atom. The van der Waals surface area contributed by atoms with Crippen molar-refractivity contribution in [2.24, 2.45) is 0 Å². The fourth-order valence-electron chi connectivity index (χ4n) is 10.7. The van der Waals surface area contributed by atoms with Gasteiger partial charge in [0.05, 0.1) is 27.7 Å². The number of esters is 2. The minimum Gasteiger partial charge on any atom is -0.462 e. The Kier molecular flexibility index (Phi) is 60.3. The van der Waals surface area contributed by atoms with Crippen LogP contribution in [0.3, 0.4) is 0 Å². The zero-order valence-corrected chi connectivity index (χ0v) is 54.5. The molecule has 0 heterocycles. The highest BCUT2D eigenvalue weighted by Crippen LogP contribution is 2.43. The van der Waals surface area contributed by atoms with Gasteiger partial charge in [-0.1, -0.05) is 328 Å². The number of carbonyl (C=O) groups excluding carboxylic acids is 2. The molecule has 0 aromatic rings. The molecule has 0 radical (unpaired) electrons. The molecule has 10 heteroatoms. The highest BCUT2D eigenvalue weighted by Gasteiger charge is 2.27. The number of quaternary nitrogens is 1. The van der Waals surface area contributed by atoms with Crippen LogP contribution in [0, 0.1) is 0 Å². The van der Waals surface area contributed by atoms with Gasteiger partial charge in [0.25, 0.3) is 0 Å². The summed E-state index contributed by atoms with van der Waals surface area (Å²) in [4.78, 5) is 35.8. The zero-order valence-electron chi connectivity index (χ0n) is 53.7. The fraction of sp³-hybridized carbons (Fsp3) is 0.942. The Morgan fingerprint density at radius 3 is 0.937 bits per heavy atom. The largest absolute Gasteiger partial charge is 0.472 e. The van der Waals surface area contributed by atoms with Crippen LogP contribution in [0.2, 0.25) is 0 Å². The van der Waals surface area contributed by atoms with Gasteiger partial charge in [-0.25, -0.2) is 4.57 Å². The molecule has 0 aromatic carbocycles. The van der Waals surface area contributed by atoms with E-state index in [1.807, 2.05) is 21.1 Å². The monoisotopic (exact) mass is 1140 g/mol. The van der Waals surface area contributed by atoms with E-state index in [2.05, 4.69) is 26.0 Å². The third-order valence-electron chi connectivity index (χ3n) is 16.0. The Balaban J connectivity index is 3.90. The van der Waals surface area contributed by atoms with Crippen molar-refractivity contribution < 1.29 is 42.1 Å². The zero-order chi connectivity index (χ0) is 57.7. The molecule has 0 saturated carbocycles. The van der Waals surface area contributed by atoms with E-state index >= 15 is 0 Å². The lowest BCUT2D eigenvalue weighted by molar-refractivity contribution is -0.870. The van der Waals surface area contributed by atoms with Gasteiger partial charge in [-0.05, 0) is 38.5 Å². The van der Waals surface area contributed by atoms with Gasteiger partial charge in [-0.2, -0.15) is 0 Å². The molecule has 0 aliphatic heterocycles. The lowest BCUT2D eigenvalue weighted by Crippen LogP contribution is -2.37. The topological polar surface area (TPSA) is 108 Å². The molecule has 470 valence electrons. The van der Waals surface area contributed by atoms with Gasteiger partial charge in [0, 0.05) is 12.8 Å². The molecule has 0 fully saturated rings. The lowest BCUT2D eigenvalue weighted by Gasteiger charge is -2.24. The number of phosphoric ester groups is 1. The van der Waals surface area contributed by atoms with Gasteiger partial charge in [0.2, 0.25) is 0 Å². The molecule has 1 N–H and O–H groups in total. The number of phosphoric acid groups is 1. The standard InChI is InChI=1S/C69H136NO8P/c1-6-8-10-12-14-16-18-20-22-24-26-27-28-29-30-31-32-33-34-35-36-37-38-39-40-41-42-44-45-47-49-51-53-55-57-59-61-68(71)75-65-67(66-77-79(73,74)76-64-63-70(3,4)5)78-69(72)62-60-58-56-54-52-50-48-46-43-25-23-21-19-17-15-13-11-9-7-2/h21,23,67H,6-20,22,24-66H2,1-5H3/p+1/b23-21-. The second-order valence-electron chi connectivity index (χ2n) is 25.3. The van der Waals surface area contributed by atoms with E-state index in [0.717, 1.165) is 32.1 Å². The molecule has 0 aliphatic rings. The van der Waals surface area contributed by atoms with Crippen LogP contribution in [0.4, 0.5) is 0 Å². The first-order valence-corrected chi connectivity index (χ1v) is 36.4. The Bertz CT molecular complexity index is 1340. The molecule has 2 unspecified atom stereocenters. The molecule has 0 amide bonds. The summed E-state index contributed by atoms with van der Waals surface area (Å²) in [5.41, 5.74) is 0. The summed E-state index contributed by atoms with van der Waals surface area (Å²) in [7, 11) is 1.50. The Morgan fingerprint density at radius 1 is 0.380 bits per heavy atom. The van der Waals surface area contributed by atoms with Crippen LogP contribution in [0.25, 0.3) is 0 Å². The number of carbonyl (C=O) groups is 2. The van der Waals surface area contributed by atoms with Crippen LogP contribution in [0.15, 0.2) is 12.2 Å². The molecule has 0 aromatic heterocycles. The Hall–Kier alpha value is -1.25. The maximum absolute atomic E-state index is 12.8. The Labute approximate surface area is 492 Å². The molecule has 2 atom stereocenters. The van der Waals surface area contributed by atoms with Crippen molar-refractivity contribution in [2.75, 3.05) is 47.5 Å². The lowest BCUT2D eigenvalue weighted by atomic mass is 10.0. The minimum atomic E-state index is -4.38. The van der Waals surface area contributed by atoms with Crippen molar-refractivity contribution in [1.82, 2.24) is 0 Å². The summed E-state index contributed by atoms with van der Waals surface area (Å²) in [6.45, 7) is 4.50. The van der Waals surface area contributed by atoms with Crippen molar-refractivity contribution in [2.45, 2.75) is 373 Å². The number of hydrogen-bond donors (Lipinski definition) is 1. The van der Waals surface area contributed by atoms with E-state index in [9.17, 15) is 19.0 Å². The number of unbranched alkanes of at least 4 members (excludes halogenated alkanes) is 50. The van der Waals surface area contributed by atoms with E-state index in [0.29, 0.717) is 23.9 Å². The normalized spacial score (nSPS) is 13.1. The predicted octanol–water partition coefficient (Wildman–Crippen LogP) is 22.3. The molecular formula is C69H137NO8P+. The van der Waals surface area contributed by atoms with Crippen LogP contribution in [0.1, 0.15) is 367 Å². The van der Waals surface area contributed by atoms with Crippen LogP contribution in [-0.4, -0.2) is 74.9 Å². The molecule has 0 spiro atoms. The number of hydrogen-bond acceptors (Lipinski definition) is 7. The number of nitrogens with zero attached hydrogens (tertiary/aromatic N) is 1. The van der Waals surface area contributed by atoms with E-state index in [4.69, 9.17) is 18.5 Å². The molecular weight excluding hydrogens is 1000 g/mol. The van der Waals surface area contributed by atoms with Crippen LogP contribution >= 0.6 is 7.82 Å². The van der Waals surface area contributed by atoms with E-state index in [-0.39, 0.29) is 25.6 Å². The average molecular weight is 1140 g/mol. The summed E-state index contributed by atoms with van der Waals surface area (Å²) >= 11 is 0. The molecule has 0 saturated heterocycles. The summed E-state index contributed by atoms with van der Waals surface area (Å²) in [6, 6.07) is 0. The predicted molar refractivity (Wildman–Crippen MR) is 340 cm³/mol. The number of allylic oxidation sites excluding steroid dienone is 2. The second kappa shape index (κ2) is 61.3. The van der Waals surface area contributed by atoms with Gasteiger partial charge < -0.3 is 18.9 Å². The third-order valence-corrected chi connectivity index (χ3v) is 17.0. The number of likely N-dealkylation sites (N-methyl/N-ethyl adjacent to an activating group) is 1. The second-order valence-corrected chi connectivity index (χ2v) is 26.7.